The minimum Gasteiger partial charge on any atom is -0.381 e. The Kier molecular flexibility index (Phi) is 1.18. The summed E-state index contributed by atoms with van der Waals surface area (Å²) in [6.45, 7) is 0. The lowest BCUT2D eigenvalue weighted by Crippen LogP contribution is -2.24. The van der Waals surface area contributed by atoms with Crippen molar-refractivity contribution in [3.63, 3.8) is 0 Å². The predicted octanol–water partition coefficient (Wildman–Crippen LogP) is 0.826. The summed E-state index contributed by atoms with van der Waals surface area (Å²) in [6.07, 6.45) is 8.91. The number of carbonyl (C=O) groups excluding carboxylic acids is 1. The van der Waals surface area contributed by atoms with Crippen LogP contribution in [-0.2, 0) is 9.63 Å². The molecule has 0 unspecified atom stereocenters. The van der Waals surface area contributed by atoms with Gasteiger partial charge in [0.05, 0.1) is 0 Å². The molecule has 0 saturated carbocycles. The molecule has 11 heavy (non-hydrogen) atoms. The molecule has 3 heteroatoms. The van der Waals surface area contributed by atoms with Crippen LogP contribution in [0, 0.1) is 0 Å². The van der Waals surface area contributed by atoms with E-state index in [1.54, 1.807) is 18.4 Å². The molecule has 0 N–H and O–H groups in total. The molecule has 0 aromatic heterocycles. The monoisotopic (exact) mass is 149 g/mol. The summed E-state index contributed by atoms with van der Waals surface area (Å²) in [4.78, 5) is 15.8. The van der Waals surface area contributed by atoms with Crippen molar-refractivity contribution >= 4 is 12.0 Å². The average Bonchev–Trinajstić information content (AvgIpc) is 2.45. The van der Waals surface area contributed by atoms with Gasteiger partial charge in [-0.1, -0.05) is 5.16 Å². The summed E-state index contributed by atoms with van der Waals surface area (Å²) in [6, 6.07) is 0. The molecule has 0 amide bonds. The van der Waals surface area contributed by atoms with E-state index in [1.165, 1.54) is 12.2 Å². The van der Waals surface area contributed by atoms with Crippen molar-refractivity contribution in [1.29, 1.82) is 0 Å². The zero-order valence-electron chi connectivity index (χ0n) is 5.86. The number of oxime groups is 1. The van der Waals surface area contributed by atoms with E-state index in [0.717, 1.165) is 0 Å². The number of nitrogens with zero attached hydrogens (tertiary/aromatic N) is 1. The Hall–Kier alpha value is -1.38. The summed E-state index contributed by atoms with van der Waals surface area (Å²) in [5, 5.41) is 3.65. The largest absolute Gasteiger partial charge is 0.381 e. The summed E-state index contributed by atoms with van der Waals surface area (Å²) >= 11 is 0. The minimum absolute atomic E-state index is 0.00567. The first kappa shape index (κ1) is 6.34. The highest BCUT2D eigenvalue weighted by atomic mass is 16.7. The first-order chi connectivity index (χ1) is 5.31. The summed E-state index contributed by atoms with van der Waals surface area (Å²) < 4.78 is 0. The van der Waals surface area contributed by atoms with Crippen LogP contribution >= 0.6 is 0 Å². The molecule has 3 nitrogen and oxygen atoms in total. The van der Waals surface area contributed by atoms with Gasteiger partial charge in [0.1, 0.15) is 0 Å². The summed E-state index contributed by atoms with van der Waals surface area (Å²) in [5.41, 5.74) is -0.450. The van der Waals surface area contributed by atoms with Crippen LogP contribution in [0.1, 0.15) is 6.42 Å². The maximum Gasteiger partial charge on any atom is 0.179 e. The molecular formula is C8H7NO2. The Balaban J connectivity index is 2.24. The van der Waals surface area contributed by atoms with E-state index in [4.69, 9.17) is 4.84 Å². The van der Waals surface area contributed by atoms with E-state index < -0.39 is 5.60 Å². The standard InChI is InChI=1S/C8H7NO2/c10-7-1-3-8(4-2-7)5-6-9-11-8/h1-4,6H,5H2. The van der Waals surface area contributed by atoms with Crippen molar-refractivity contribution in [1.82, 2.24) is 0 Å². The number of hydrogen-bond acceptors (Lipinski definition) is 3. The topological polar surface area (TPSA) is 38.7 Å². The second-order valence-corrected chi connectivity index (χ2v) is 2.61. The van der Waals surface area contributed by atoms with E-state index in [0.29, 0.717) is 6.42 Å². The Morgan fingerprint density at radius 1 is 1.45 bits per heavy atom. The molecule has 1 spiro atoms. The number of ketones is 1. The highest BCUT2D eigenvalue weighted by molar-refractivity contribution is 6.00. The van der Waals surface area contributed by atoms with Crippen LogP contribution in [0.25, 0.3) is 0 Å². The van der Waals surface area contributed by atoms with Gasteiger partial charge in [0.25, 0.3) is 0 Å². The van der Waals surface area contributed by atoms with Gasteiger partial charge in [-0.3, -0.25) is 4.79 Å². The van der Waals surface area contributed by atoms with Crippen molar-refractivity contribution < 1.29 is 9.63 Å². The molecular weight excluding hydrogens is 142 g/mol. The quantitative estimate of drug-likeness (QED) is 0.511. The van der Waals surface area contributed by atoms with Crippen LogP contribution in [0.4, 0.5) is 0 Å². The SMILES string of the molecule is O=C1C=CC2(C=C1)CC=NO2. The van der Waals surface area contributed by atoms with Gasteiger partial charge in [0.2, 0.25) is 0 Å². The minimum atomic E-state index is -0.450. The second kappa shape index (κ2) is 2.05. The third-order valence-corrected chi connectivity index (χ3v) is 1.77. The molecule has 0 atom stereocenters. The highest BCUT2D eigenvalue weighted by Gasteiger charge is 2.31. The number of allylic oxidation sites excluding steroid dienone is 2. The number of rotatable bonds is 0. The van der Waals surface area contributed by atoms with Gasteiger partial charge >= 0.3 is 0 Å². The Bertz CT molecular complexity index is 250. The Labute approximate surface area is 64.0 Å². The number of carbonyl (C=O) groups is 1. The van der Waals surface area contributed by atoms with Crippen molar-refractivity contribution in [3.05, 3.63) is 24.3 Å². The smallest absolute Gasteiger partial charge is 0.179 e. The molecule has 0 aromatic rings. The van der Waals surface area contributed by atoms with Gasteiger partial charge < -0.3 is 4.84 Å². The lowest BCUT2D eigenvalue weighted by molar-refractivity contribution is -0.110. The molecule has 0 radical (unpaired) electrons. The van der Waals surface area contributed by atoms with E-state index >= 15 is 0 Å². The molecule has 1 heterocycles. The predicted molar refractivity (Wildman–Crippen MR) is 40.2 cm³/mol. The lowest BCUT2D eigenvalue weighted by Gasteiger charge is -2.19. The lowest BCUT2D eigenvalue weighted by atomic mass is 9.95. The van der Waals surface area contributed by atoms with Gasteiger partial charge in [-0.2, -0.15) is 0 Å². The fourth-order valence-electron chi connectivity index (χ4n) is 1.11. The molecule has 56 valence electrons. The summed E-state index contributed by atoms with van der Waals surface area (Å²) in [7, 11) is 0. The molecule has 0 fully saturated rings. The van der Waals surface area contributed by atoms with E-state index in [9.17, 15) is 4.79 Å². The molecule has 0 saturated heterocycles. The second-order valence-electron chi connectivity index (χ2n) is 2.61. The molecule has 0 aromatic carbocycles. The third-order valence-electron chi connectivity index (χ3n) is 1.77. The normalized spacial score (nSPS) is 24.5. The summed E-state index contributed by atoms with van der Waals surface area (Å²) in [5.74, 6) is 0.00567. The van der Waals surface area contributed by atoms with Crippen molar-refractivity contribution in [2.75, 3.05) is 0 Å². The molecule has 0 bridgehead atoms. The average molecular weight is 149 g/mol. The van der Waals surface area contributed by atoms with Crippen LogP contribution in [0.5, 0.6) is 0 Å². The number of hydrogen-bond donors (Lipinski definition) is 0. The van der Waals surface area contributed by atoms with E-state index in [1.807, 2.05) is 0 Å². The first-order valence-corrected chi connectivity index (χ1v) is 3.43. The van der Waals surface area contributed by atoms with Crippen LogP contribution in [0.15, 0.2) is 29.5 Å². The van der Waals surface area contributed by atoms with E-state index in [2.05, 4.69) is 5.16 Å². The zero-order chi connectivity index (χ0) is 7.73. The molecule has 2 rings (SSSR count). The highest BCUT2D eigenvalue weighted by Crippen LogP contribution is 2.26. The van der Waals surface area contributed by atoms with Gasteiger partial charge in [0, 0.05) is 12.6 Å². The maximum absolute atomic E-state index is 10.7. The van der Waals surface area contributed by atoms with E-state index in [-0.39, 0.29) is 5.78 Å². The molecule has 2 aliphatic rings. The van der Waals surface area contributed by atoms with Crippen LogP contribution in [0.3, 0.4) is 0 Å². The van der Waals surface area contributed by atoms with Gasteiger partial charge in [-0.25, -0.2) is 0 Å². The van der Waals surface area contributed by atoms with Gasteiger partial charge in [-0.05, 0) is 24.3 Å². The first-order valence-electron chi connectivity index (χ1n) is 3.43. The van der Waals surface area contributed by atoms with Gasteiger partial charge in [0.15, 0.2) is 11.4 Å². The van der Waals surface area contributed by atoms with Crippen molar-refractivity contribution in [3.8, 4) is 0 Å². The molecule has 1 aliphatic heterocycles. The van der Waals surface area contributed by atoms with Gasteiger partial charge in [-0.15, -0.1) is 0 Å². The Morgan fingerprint density at radius 3 is 2.73 bits per heavy atom. The fourth-order valence-corrected chi connectivity index (χ4v) is 1.11. The third kappa shape index (κ3) is 0.981. The maximum atomic E-state index is 10.7. The zero-order valence-corrected chi connectivity index (χ0v) is 5.86. The van der Waals surface area contributed by atoms with Crippen molar-refractivity contribution in [2.24, 2.45) is 5.16 Å². The fraction of sp³-hybridized carbons (Fsp3) is 0.250. The van der Waals surface area contributed by atoms with Crippen LogP contribution < -0.4 is 0 Å². The molecule has 1 aliphatic carbocycles. The van der Waals surface area contributed by atoms with Crippen LogP contribution in [0.2, 0.25) is 0 Å². The van der Waals surface area contributed by atoms with Crippen molar-refractivity contribution in [2.45, 2.75) is 12.0 Å². The van der Waals surface area contributed by atoms with Crippen LogP contribution in [-0.4, -0.2) is 17.6 Å². The Morgan fingerprint density at radius 2 is 2.18 bits per heavy atom.